The maximum atomic E-state index is 6.08. The highest BCUT2D eigenvalue weighted by atomic mass is 35.5. The summed E-state index contributed by atoms with van der Waals surface area (Å²) in [6.45, 7) is 2.43. The summed E-state index contributed by atoms with van der Waals surface area (Å²) in [4.78, 5) is 4.38. The van der Waals surface area contributed by atoms with Gasteiger partial charge in [0.1, 0.15) is 5.75 Å². The number of pyridine rings is 1. The molecule has 2 N–H and O–H groups in total. The number of aryl methyl sites for hydroxylation is 1. The Kier molecular flexibility index (Phi) is 5.11. The van der Waals surface area contributed by atoms with E-state index in [1.165, 1.54) is 6.07 Å². The Morgan fingerprint density at radius 1 is 1.05 bits per heavy atom. The largest absolute Gasteiger partial charge is 0.437 e. The highest BCUT2D eigenvalue weighted by Crippen LogP contribution is 2.36. The first kappa shape index (κ1) is 15.4. The number of benzene rings is 1. The lowest BCUT2D eigenvalue weighted by Gasteiger charge is -2.10. The zero-order valence-corrected chi connectivity index (χ0v) is 13.1. The fourth-order valence-electron chi connectivity index (χ4n) is 1.67. The van der Waals surface area contributed by atoms with Gasteiger partial charge in [-0.25, -0.2) is 4.98 Å². The fraction of sp³-hybridized carbons (Fsp3) is 0.214. The van der Waals surface area contributed by atoms with Crippen molar-refractivity contribution in [3.05, 3.63) is 50.6 Å². The van der Waals surface area contributed by atoms with Crippen LogP contribution >= 0.6 is 34.8 Å². The van der Waals surface area contributed by atoms with Gasteiger partial charge in [0.05, 0.1) is 15.1 Å². The average molecular weight is 332 g/mol. The SMILES string of the molecule is CCc1cc(CN)cc(Oc2cc(Cl)c(Cl)cc2Cl)n1. The van der Waals surface area contributed by atoms with Crippen LogP contribution in [0.15, 0.2) is 24.3 Å². The summed E-state index contributed by atoms with van der Waals surface area (Å²) < 4.78 is 5.69. The van der Waals surface area contributed by atoms with Crippen molar-refractivity contribution in [2.24, 2.45) is 5.73 Å². The van der Waals surface area contributed by atoms with Gasteiger partial charge in [-0.05, 0) is 24.1 Å². The van der Waals surface area contributed by atoms with E-state index in [1.54, 1.807) is 12.1 Å². The van der Waals surface area contributed by atoms with Crippen LogP contribution in [0.4, 0.5) is 0 Å². The summed E-state index contributed by atoms with van der Waals surface area (Å²) in [5.41, 5.74) is 7.51. The molecule has 6 heteroatoms. The van der Waals surface area contributed by atoms with E-state index < -0.39 is 0 Å². The third-order valence-electron chi connectivity index (χ3n) is 2.70. The van der Waals surface area contributed by atoms with Gasteiger partial charge in [0.15, 0.2) is 0 Å². The number of rotatable bonds is 4. The smallest absolute Gasteiger partial charge is 0.219 e. The van der Waals surface area contributed by atoms with Crippen LogP contribution in [0.2, 0.25) is 15.1 Å². The zero-order chi connectivity index (χ0) is 14.7. The van der Waals surface area contributed by atoms with E-state index in [1.807, 2.05) is 13.0 Å². The van der Waals surface area contributed by atoms with Crippen LogP contribution in [0.5, 0.6) is 11.6 Å². The standard InChI is InChI=1S/C14H13Cl3N2O/c1-2-9-3-8(7-18)4-14(19-9)20-13-6-11(16)10(15)5-12(13)17/h3-6H,2,7,18H2,1H3. The molecule has 20 heavy (non-hydrogen) atoms. The van der Waals surface area contributed by atoms with Crippen LogP contribution in [0.3, 0.4) is 0 Å². The van der Waals surface area contributed by atoms with Crippen molar-refractivity contribution in [2.75, 3.05) is 0 Å². The average Bonchev–Trinajstić information content (AvgIpc) is 2.44. The molecule has 0 atom stereocenters. The van der Waals surface area contributed by atoms with Crippen LogP contribution in [0.25, 0.3) is 0 Å². The van der Waals surface area contributed by atoms with E-state index in [-0.39, 0.29) is 0 Å². The van der Waals surface area contributed by atoms with Gasteiger partial charge in [-0.3, -0.25) is 0 Å². The Bertz CT molecular complexity index is 610. The van der Waals surface area contributed by atoms with Crippen LogP contribution in [-0.4, -0.2) is 4.98 Å². The van der Waals surface area contributed by atoms with Crippen molar-refractivity contribution in [1.29, 1.82) is 0 Å². The lowest BCUT2D eigenvalue weighted by Crippen LogP contribution is -2.01. The molecule has 3 nitrogen and oxygen atoms in total. The number of nitrogens with zero attached hydrogens (tertiary/aromatic N) is 1. The monoisotopic (exact) mass is 330 g/mol. The number of nitrogens with two attached hydrogens (primary N) is 1. The molecule has 0 aliphatic rings. The first-order valence-electron chi connectivity index (χ1n) is 6.05. The Morgan fingerprint density at radius 3 is 2.40 bits per heavy atom. The number of aromatic nitrogens is 1. The minimum atomic E-state index is 0.372. The molecule has 0 spiro atoms. The van der Waals surface area contributed by atoms with E-state index in [4.69, 9.17) is 45.3 Å². The third-order valence-corrected chi connectivity index (χ3v) is 3.72. The van der Waals surface area contributed by atoms with E-state index in [2.05, 4.69) is 4.98 Å². The van der Waals surface area contributed by atoms with E-state index in [9.17, 15) is 0 Å². The molecule has 0 aliphatic heterocycles. The maximum absolute atomic E-state index is 6.08. The number of ether oxygens (including phenoxy) is 1. The molecule has 2 rings (SSSR count). The molecule has 0 bridgehead atoms. The molecule has 1 aromatic carbocycles. The van der Waals surface area contributed by atoms with Gasteiger partial charge >= 0.3 is 0 Å². The van der Waals surface area contributed by atoms with E-state index in [0.717, 1.165) is 17.7 Å². The lowest BCUT2D eigenvalue weighted by molar-refractivity contribution is 0.460. The Balaban J connectivity index is 2.36. The predicted molar refractivity (Wildman–Crippen MR) is 83.1 cm³/mol. The normalized spacial score (nSPS) is 10.7. The minimum absolute atomic E-state index is 0.372. The van der Waals surface area contributed by atoms with E-state index in [0.29, 0.717) is 33.2 Å². The van der Waals surface area contributed by atoms with Gasteiger partial charge in [0.25, 0.3) is 0 Å². The molecule has 106 valence electrons. The summed E-state index contributed by atoms with van der Waals surface area (Å²) in [6, 6.07) is 6.82. The molecular weight excluding hydrogens is 319 g/mol. The van der Waals surface area contributed by atoms with Gasteiger partial charge in [0.2, 0.25) is 5.88 Å². The molecule has 0 radical (unpaired) electrons. The van der Waals surface area contributed by atoms with Crippen molar-refractivity contribution in [3.63, 3.8) is 0 Å². The van der Waals surface area contributed by atoms with Crippen molar-refractivity contribution in [1.82, 2.24) is 4.98 Å². The fourth-order valence-corrected chi connectivity index (χ4v) is 2.24. The van der Waals surface area contributed by atoms with Crippen molar-refractivity contribution < 1.29 is 4.74 Å². The second-order valence-electron chi connectivity index (χ2n) is 4.16. The topological polar surface area (TPSA) is 48.1 Å². The summed E-state index contributed by atoms with van der Waals surface area (Å²) in [5, 5.41) is 1.12. The first-order valence-corrected chi connectivity index (χ1v) is 7.19. The maximum Gasteiger partial charge on any atom is 0.219 e. The number of hydrogen-bond donors (Lipinski definition) is 1. The highest BCUT2D eigenvalue weighted by molar-refractivity contribution is 6.43. The predicted octanol–water partition coefficient (Wildman–Crippen LogP) is 4.86. The number of halogens is 3. The van der Waals surface area contributed by atoms with Crippen molar-refractivity contribution >= 4 is 34.8 Å². The second-order valence-corrected chi connectivity index (χ2v) is 5.38. The molecule has 0 aliphatic carbocycles. The van der Waals surface area contributed by atoms with Gasteiger partial charge in [0, 0.05) is 24.4 Å². The summed E-state index contributed by atoms with van der Waals surface area (Å²) in [5.74, 6) is 0.842. The van der Waals surface area contributed by atoms with Crippen molar-refractivity contribution in [2.45, 2.75) is 19.9 Å². The van der Waals surface area contributed by atoms with Crippen LogP contribution < -0.4 is 10.5 Å². The molecule has 1 aromatic heterocycles. The molecule has 0 unspecified atom stereocenters. The molecule has 2 aromatic rings. The molecule has 0 amide bonds. The number of hydrogen-bond acceptors (Lipinski definition) is 3. The Morgan fingerprint density at radius 2 is 1.75 bits per heavy atom. The molecule has 0 saturated heterocycles. The Labute approximate surface area is 132 Å². The Hall–Kier alpha value is -1.000. The van der Waals surface area contributed by atoms with Crippen LogP contribution in [-0.2, 0) is 13.0 Å². The summed E-state index contributed by atoms with van der Waals surface area (Å²) in [6.07, 6.45) is 0.791. The molecule has 1 heterocycles. The van der Waals surface area contributed by atoms with Gasteiger partial charge in [-0.15, -0.1) is 0 Å². The quantitative estimate of drug-likeness (QED) is 0.814. The molecule has 0 fully saturated rings. The first-order chi connectivity index (χ1) is 9.53. The van der Waals surface area contributed by atoms with E-state index >= 15 is 0 Å². The van der Waals surface area contributed by atoms with Gasteiger partial charge < -0.3 is 10.5 Å². The summed E-state index contributed by atoms with van der Waals surface area (Å²) >= 11 is 17.9. The minimum Gasteiger partial charge on any atom is -0.437 e. The second kappa shape index (κ2) is 6.64. The van der Waals surface area contributed by atoms with Crippen LogP contribution in [0.1, 0.15) is 18.2 Å². The lowest BCUT2D eigenvalue weighted by atomic mass is 10.2. The van der Waals surface area contributed by atoms with Crippen LogP contribution in [0, 0.1) is 0 Å². The molecule has 0 saturated carbocycles. The molecular formula is C14H13Cl3N2O. The van der Waals surface area contributed by atoms with Gasteiger partial charge in [-0.2, -0.15) is 0 Å². The third kappa shape index (κ3) is 3.55. The van der Waals surface area contributed by atoms with Gasteiger partial charge in [-0.1, -0.05) is 41.7 Å². The van der Waals surface area contributed by atoms with Crippen molar-refractivity contribution in [3.8, 4) is 11.6 Å². The summed E-state index contributed by atoms with van der Waals surface area (Å²) in [7, 11) is 0. The highest BCUT2D eigenvalue weighted by Gasteiger charge is 2.10. The zero-order valence-electron chi connectivity index (χ0n) is 10.8.